The van der Waals surface area contributed by atoms with E-state index in [1.807, 2.05) is 36.4 Å². The average molecular weight is 286 g/mol. The summed E-state index contributed by atoms with van der Waals surface area (Å²) in [6.45, 7) is 0. The van der Waals surface area contributed by atoms with E-state index in [2.05, 4.69) is 36.4 Å². The molecule has 0 N–H and O–H groups in total. The van der Waals surface area contributed by atoms with Crippen molar-refractivity contribution in [3.8, 4) is 0 Å². The molecule has 2 unspecified atom stereocenters. The number of rotatable bonds is 2. The number of fused-ring (bicyclic) bond motifs is 1. The van der Waals surface area contributed by atoms with Gasteiger partial charge in [-0.2, -0.15) is 0 Å². The largest absolute Gasteiger partial charge is 0.294 e. The Morgan fingerprint density at radius 2 is 1.45 bits per heavy atom. The number of Topliss-reactive ketones (excluding diaryl/α,β-unsaturated/α-hetero) is 1. The van der Waals surface area contributed by atoms with Crippen LogP contribution in [0.25, 0.3) is 5.57 Å². The lowest BCUT2D eigenvalue weighted by Crippen LogP contribution is -2.07. The number of allylic oxidation sites excluding steroid dienone is 3. The van der Waals surface area contributed by atoms with Gasteiger partial charge in [-0.3, -0.25) is 4.79 Å². The fourth-order valence-electron chi connectivity index (χ4n) is 3.79. The Hall–Kier alpha value is -2.41. The Kier molecular flexibility index (Phi) is 3.27. The summed E-state index contributed by atoms with van der Waals surface area (Å²) in [5.74, 6) is 1.09. The molecule has 2 aromatic carbocycles. The first-order valence-electron chi connectivity index (χ1n) is 7.89. The quantitative estimate of drug-likeness (QED) is 0.580. The normalized spacial score (nSPS) is 22.9. The number of benzene rings is 2. The van der Waals surface area contributed by atoms with E-state index in [4.69, 9.17) is 0 Å². The van der Waals surface area contributed by atoms with Gasteiger partial charge >= 0.3 is 0 Å². The van der Waals surface area contributed by atoms with E-state index in [1.54, 1.807) is 0 Å². The highest BCUT2D eigenvalue weighted by molar-refractivity contribution is 6.08. The number of carbonyl (C=O) groups is 1. The molecule has 0 aliphatic heterocycles. The molecule has 22 heavy (non-hydrogen) atoms. The number of hydrogen-bond donors (Lipinski definition) is 0. The Balaban J connectivity index is 1.95. The van der Waals surface area contributed by atoms with Crippen LogP contribution in [0.5, 0.6) is 0 Å². The van der Waals surface area contributed by atoms with E-state index in [9.17, 15) is 4.79 Å². The molecule has 1 nitrogen and oxygen atoms in total. The summed E-state index contributed by atoms with van der Waals surface area (Å²) < 4.78 is 0. The summed E-state index contributed by atoms with van der Waals surface area (Å²) in [6, 6.07) is 20.7. The highest BCUT2D eigenvalue weighted by Crippen LogP contribution is 2.46. The molecule has 1 saturated carbocycles. The van der Waals surface area contributed by atoms with Gasteiger partial charge in [0.25, 0.3) is 0 Å². The maximum atomic E-state index is 12.7. The molecule has 2 aliphatic rings. The van der Waals surface area contributed by atoms with Crippen LogP contribution in [0.15, 0.2) is 78.4 Å². The highest BCUT2D eigenvalue weighted by atomic mass is 16.1. The van der Waals surface area contributed by atoms with Crippen molar-refractivity contribution < 1.29 is 4.79 Å². The van der Waals surface area contributed by atoms with Crippen molar-refractivity contribution in [1.82, 2.24) is 0 Å². The summed E-state index contributed by atoms with van der Waals surface area (Å²) >= 11 is 0. The second kappa shape index (κ2) is 5.42. The van der Waals surface area contributed by atoms with Crippen LogP contribution >= 0.6 is 0 Å². The Morgan fingerprint density at radius 3 is 2.05 bits per heavy atom. The van der Waals surface area contributed by atoms with Gasteiger partial charge in [0.05, 0.1) is 0 Å². The minimum atomic E-state index is 0.321. The predicted molar refractivity (Wildman–Crippen MR) is 89.3 cm³/mol. The van der Waals surface area contributed by atoms with Gasteiger partial charge in [0, 0.05) is 12.0 Å². The van der Waals surface area contributed by atoms with Crippen LogP contribution < -0.4 is 0 Å². The van der Waals surface area contributed by atoms with Crippen molar-refractivity contribution in [3.05, 3.63) is 89.5 Å². The van der Waals surface area contributed by atoms with E-state index in [0.717, 1.165) is 28.7 Å². The monoisotopic (exact) mass is 286 g/mol. The molecule has 0 bridgehead atoms. The number of ketones is 1. The van der Waals surface area contributed by atoms with Crippen LogP contribution in [0, 0.1) is 11.8 Å². The van der Waals surface area contributed by atoms with E-state index >= 15 is 0 Å². The maximum absolute atomic E-state index is 12.7. The molecule has 4 rings (SSSR count). The van der Waals surface area contributed by atoms with Crippen LogP contribution in [-0.2, 0) is 4.79 Å². The third-order valence-corrected chi connectivity index (χ3v) is 4.78. The lowest BCUT2D eigenvalue weighted by atomic mass is 9.86. The summed E-state index contributed by atoms with van der Waals surface area (Å²) in [7, 11) is 0. The van der Waals surface area contributed by atoms with Crippen LogP contribution in [0.2, 0.25) is 0 Å². The lowest BCUT2D eigenvalue weighted by Gasteiger charge is -2.17. The van der Waals surface area contributed by atoms with Crippen molar-refractivity contribution in [2.75, 3.05) is 0 Å². The van der Waals surface area contributed by atoms with E-state index < -0.39 is 0 Å². The third-order valence-electron chi connectivity index (χ3n) is 4.78. The SMILES string of the molecule is O=C1CC2C=CCC2C1=C(c1ccccc1)c1ccccc1. The minimum absolute atomic E-state index is 0.321. The summed E-state index contributed by atoms with van der Waals surface area (Å²) in [5.41, 5.74) is 4.45. The fraction of sp³-hybridized carbons (Fsp3) is 0.190. The first kappa shape index (κ1) is 13.3. The standard InChI is InChI=1S/C21H18O/c22-19-14-17-12-7-13-18(17)21(19)20(15-8-3-1-4-9-15)16-10-5-2-6-11-16/h1-12,17-18H,13-14H2. The molecule has 2 atom stereocenters. The lowest BCUT2D eigenvalue weighted by molar-refractivity contribution is -0.114. The zero-order chi connectivity index (χ0) is 14.9. The fourth-order valence-corrected chi connectivity index (χ4v) is 3.79. The van der Waals surface area contributed by atoms with Gasteiger partial charge in [-0.1, -0.05) is 72.8 Å². The molecule has 1 heteroatoms. The van der Waals surface area contributed by atoms with Crippen molar-refractivity contribution in [3.63, 3.8) is 0 Å². The van der Waals surface area contributed by atoms with Gasteiger partial charge in [-0.15, -0.1) is 0 Å². The van der Waals surface area contributed by atoms with Crippen molar-refractivity contribution >= 4 is 11.4 Å². The molecule has 0 radical (unpaired) electrons. The van der Waals surface area contributed by atoms with Gasteiger partial charge in [-0.05, 0) is 35.0 Å². The second-order valence-electron chi connectivity index (χ2n) is 6.08. The van der Waals surface area contributed by atoms with Gasteiger partial charge in [-0.25, -0.2) is 0 Å². The predicted octanol–water partition coefficient (Wildman–Crippen LogP) is 4.65. The smallest absolute Gasteiger partial charge is 0.160 e. The second-order valence-corrected chi connectivity index (χ2v) is 6.08. The summed E-state index contributed by atoms with van der Waals surface area (Å²) in [4.78, 5) is 12.7. The summed E-state index contributed by atoms with van der Waals surface area (Å²) in [5, 5.41) is 0. The summed E-state index contributed by atoms with van der Waals surface area (Å²) in [6.07, 6.45) is 6.12. The number of hydrogen-bond acceptors (Lipinski definition) is 1. The maximum Gasteiger partial charge on any atom is 0.160 e. The Labute approximate surface area is 131 Å². The molecular weight excluding hydrogens is 268 g/mol. The zero-order valence-corrected chi connectivity index (χ0v) is 12.4. The van der Waals surface area contributed by atoms with Crippen LogP contribution in [0.3, 0.4) is 0 Å². The minimum Gasteiger partial charge on any atom is -0.294 e. The molecular formula is C21H18O. The first-order chi connectivity index (χ1) is 10.8. The molecule has 0 saturated heterocycles. The first-order valence-corrected chi connectivity index (χ1v) is 7.89. The van der Waals surface area contributed by atoms with Crippen LogP contribution in [0.4, 0.5) is 0 Å². The zero-order valence-electron chi connectivity index (χ0n) is 12.4. The Morgan fingerprint density at radius 1 is 0.864 bits per heavy atom. The van der Waals surface area contributed by atoms with Gasteiger partial charge in [0.1, 0.15) is 0 Å². The molecule has 2 aliphatic carbocycles. The molecule has 0 spiro atoms. The van der Waals surface area contributed by atoms with Gasteiger partial charge in [0.2, 0.25) is 0 Å². The molecule has 1 fully saturated rings. The van der Waals surface area contributed by atoms with Crippen LogP contribution in [0.1, 0.15) is 24.0 Å². The van der Waals surface area contributed by atoms with E-state index in [1.165, 1.54) is 0 Å². The van der Waals surface area contributed by atoms with Crippen molar-refractivity contribution in [2.24, 2.45) is 11.8 Å². The topological polar surface area (TPSA) is 17.1 Å². The molecule has 0 aromatic heterocycles. The molecule has 0 heterocycles. The van der Waals surface area contributed by atoms with Crippen molar-refractivity contribution in [1.29, 1.82) is 0 Å². The van der Waals surface area contributed by atoms with Crippen LogP contribution in [-0.4, -0.2) is 5.78 Å². The Bertz CT molecular complexity index is 712. The van der Waals surface area contributed by atoms with Gasteiger partial charge in [0.15, 0.2) is 5.78 Å². The van der Waals surface area contributed by atoms with E-state index in [0.29, 0.717) is 24.0 Å². The molecule has 0 amide bonds. The molecule has 2 aromatic rings. The van der Waals surface area contributed by atoms with Crippen molar-refractivity contribution in [2.45, 2.75) is 12.8 Å². The van der Waals surface area contributed by atoms with E-state index in [-0.39, 0.29) is 0 Å². The average Bonchev–Trinajstić information content (AvgIpc) is 3.12. The third kappa shape index (κ3) is 2.14. The number of carbonyl (C=O) groups excluding carboxylic acids is 1. The highest BCUT2D eigenvalue weighted by Gasteiger charge is 2.40. The van der Waals surface area contributed by atoms with Gasteiger partial charge < -0.3 is 0 Å². The molecule has 108 valence electrons.